The van der Waals surface area contributed by atoms with Crippen LogP contribution in [0, 0.1) is 3.57 Å². The van der Waals surface area contributed by atoms with Crippen molar-refractivity contribution in [3.8, 4) is 5.75 Å². The molecule has 0 heterocycles. The maximum Gasteiger partial charge on any atom is 0.119 e. The minimum absolute atomic E-state index is 0.651. The molecular formula is C12H17IO3. The number of benzene rings is 1. The number of ether oxygens (including phenoxy) is 3. The first-order chi connectivity index (χ1) is 7.83. The van der Waals surface area contributed by atoms with Crippen LogP contribution >= 0.6 is 22.6 Å². The largest absolute Gasteiger partial charge is 0.494 e. The summed E-state index contributed by atoms with van der Waals surface area (Å²) in [5, 5.41) is 0. The molecule has 90 valence electrons. The lowest BCUT2D eigenvalue weighted by Crippen LogP contribution is -2.06. The van der Waals surface area contributed by atoms with E-state index >= 15 is 0 Å². The third-order valence-electron chi connectivity index (χ3n) is 1.95. The molecule has 3 nitrogen and oxygen atoms in total. The van der Waals surface area contributed by atoms with Gasteiger partial charge in [-0.3, -0.25) is 0 Å². The first-order valence-electron chi connectivity index (χ1n) is 5.28. The zero-order valence-corrected chi connectivity index (χ0v) is 11.6. The minimum Gasteiger partial charge on any atom is -0.494 e. The van der Waals surface area contributed by atoms with Crippen LogP contribution in [-0.4, -0.2) is 33.5 Å². The Hall–Kier alpha value is -0.330. The topological polar surface area (TPSA) is 27.7 Å². The molecule has 0 bridgehead atoms. The summed E-state index contributed by atoms with van der Waals surface area (Å²) in [5.41, 5.74) is 0. The van der Waals surface area contributed by atoms with Crippen LogP contribution in [0.3, 0.4) is 0 Å². The van der Waals surface area contributed by atoms with Gasteiger partial charge in [-0.15, -0.1) is 0 Å². The standard InChI is InChI=1S/C12H17IO3/c1-14-9-10-15-7-2-8-16-12-5-3-11(13)4-6-12/h3-6H,2,7-10H2,1H3. The van der Waals surface area contributed by atoms with Crippen molar-refractivity contribution in [2.24, 2.45) is 0 Å². The van der Waals surface area contributed by atoms with E-state index in [1.807, 2.05) is 24.3 Å². The van der Waals surface area contributed by atoms with Gasteiger partial charge in [-0.05, 0) is 46.9 Å². The second-order valence-electron chi connectivity index (χ2n) is 3.26. The summed E-state index contributed by atoms with van der Waals surface area (Å²) < 4.78 is 17.0. The van der Waals surface area contributed by atoms with Crippen LogP contribution in [0.4, 0.5) is 0 Å². The predicted molar refractivity (Wildman–Crippen MR) is 72.0 cm³/mol. The number of methoxy groups -OCH3 is 1. The molecular weight excluding hydrogens is 319 g/mol. The van der Waals surface area contributed by atoms with Gasteiger partial charge in [0.2, 0.25) is 0 Å². The molecule has 16 heavy (non-hydrogen) atoms. The highest BCUT2D eigenvalue weighted by Crippen LogP contribution is 2.13. The van der Waals surface area contributed by atoms with Gasteiger partial charge in [0.25, 0.3) is 0 Å². The Bertz CT molecular complexity index is 274. The fourth-order valence-electron chi connectivity index (χ4n) is 1.13. The zero-order chi connectivity index (χ0) is 11.6. The number of halogens is 1. The Labute approximate surface area is 110 Å². The molecule has 0 aliphatic carbocycles. The van der Waals surface area contributed by atoms with Crippen LogP contribution in [0.1, 0.15) is 6.42 Å². The van der Waals surface area contributed by atoms with Gasteiger partial charge in [0.15, 0.2) is 0 Å². The van der Waals surface area contributed by atoms with Crippen LogP contribution in [0.2, 0.25) is 0 Å². The van der Waals surface area contributed by atoms with Crippen molar-refractivity contribution in [3.05, 3.63) is 27.8 Å². The van der Waals surface area contributed by atoms with Crippen molar-refractivity contribution in [2.75, 3.05) is 33.5 Å². The van der Waals surface area contributed by atoms with E-state index in [2.05, 4.69) is 22.6 Å². The Balaban J connectivity index is 2.01. The molecule has 0 amide bonds. The highest BCUT2D eigenvalue weighted by Gasteiger charge is 1.94. The lowest BCUT2D eigenvalue weighted by atomic mass is 10.3. The van der Waals surface area contributed by atoms with Crippen LogP contribution in [-0.2, 0) is 9.47 Å². The van der Waals surface area contributed by atoms with E-state index in [9.17, 15) is 0 Å². The highest BCUT2D eigenvalue weighted by molar-refractivity contribution is 14.1. The van der Waals surface area contributed by atoms with E-state index in [0.29, 0.717) is 26.4 Å². The molecule has 0 spiro atoms. The zero-order valence-electron chi connectivity index (χ0n) is 9.45. The van der Waals surface area contributed by atoms with Gasteiger partial charge in [-0.25, -0.2) is 0 Å². The SMILES string of the molecule is COCCOCCCOc1ccc(I)cc1. The van der Waals surface area contributed by atoms with Gasteiger partial charge in [-0.2, -0.15) is 0 Å². The van der Waals surface area contributed by atoms with Gasteiger partial charge in [-0.1, -0.05) is 0 Å². The summed E-state index contributed by atoms with van der Waals surface area (Å²) >= 11 is 2.27. The molecule has 0 aliphatic rings. The second-order valence-corrected chi connectivity index (χ2v) is 4.51. The Morgan fingerprint density at radius 1 is 1.00 bits per heavy atom. The molecule has 1 aromatic rings. The minimum atomic E-state index is 0.651. The van der Waals surface area contributed by atoms with Crippen molar-refractivity contribution >= 4 is 22.6 Å². The molecule has 0 saturated heterocycles. The smallest absolute Gasteiger partial charge is 0.119 e. The molecule has 0 unspecified atom stereocenters. The summed E-state index contributed by atoms with van der Waals surface area (Å²) in [6, 6.07) is 8.02. The van der Waals surface area contributed by atoms with Gasteiger partial charge >= 0.3 is 0 Å². The van der Waals surface area contributed by atoms with Crippen molar-refractivity contribution in [1.29, 1.82) is 0 Å². The maximum absolute atomic E-state index is 5.55. The molecule has 0 radical (unpaired) electrons. The van der Waals surface area contributed by atoms with E-state index in [1.54, 1.807) is 7.11 Å². The normalized spacial score (nSPS) is 10.4. The Morgan fingerprint density at radius 3 is 2.44 bits per heavy atom. The lowest BCUT2D eigenvalue weighted by molar-refractivity contribution is 0.0644. The van der Waals surface area contributed by atoms with Crippen molar-refractivity contribution in [2.45, 2.75) is 6.42 Å². The molecule has 0 aliphatic heterocycles. The van der Waals surface area contributed by atoms with E-state index in [0.717, 1.165) is 12.2 Å². The number of hydrogen-bond donors (Lipinski definition) is 0. The fraction of sp³-hybridized carbons (Fsp3) is 0.500. The van der Waals surface area contributed by atoms with Crippen LogP contribution in [0.15, 0.2) is 24.3 Å². The molecule has 4 heteroatoms. The molecule has 1 aromatic carbocycles. The van der Waals surface area contributed by atoms with Crippen molar-refractivity contribution in [1.82, 2.24) is 0 Å². The first kappa shape index (κ1) is 13.7. The summed E-state index contributed by atoms with van der Waals surface area (Å²) in [4.78, 5) is 0. The molecule has 0 saturated carbocycles. The quantitative estimate of drug-likeness (QED) is 0.540. The third kappa shape index (κ3) is 6.30. The van der Waals surface area contributed by atoms with Crippen molar-refractivity contribution < 1.29 is 14.2 Å². The van der Waals surface area contributed by atoms with E-state index in [-0.39, 0.29) is 0 Å². The maximum atomic E-state index is 5.55. The Kier molecular flexibility index (Phi) is 7.54. The van der Waals surface area contributed by atoms with Gasteiger partial charge in [0.1, 0.15) is 5.75 Å². The first-order valence-corrected chi connectivity index (χ1v) is 6.36. The Morgan fingerprint density at radius 2 is 1.75 bits per heavy atom. The van der Waals surface area contributed by atoms with Crippen LogP contribution < -0.4 is 4.74 Å². The van der Waals surface area contributed by atoms with E-state index in [1.165, 1.54) is 3.57 Å². The summed E-state index contributed by atoms with van der Waals surface area (Å²) in [5.74, 6) is 0.914. The molecule has 0 aromatic heterocycles. The molecule has 0 N–H and O–H groups in total. The van der Waals surface area contributed by atoms with Crippen LogP contribution in [0.5, 0.6) is 5.75 Å². The van der Waals surface area contributed by atoms with Gasteiger partial charge in [0.05, 0.1) is 19.8 Å². The number of rotatable bonds is 8. The monoisotopic (exact) mass is 336 g/mol. The average Bonchev–Trinajstić information content (AvgIpc) is 2.30. The number of hydrogen-bond acceptors (Lipinski definition) is 3. The summed E-state index contributed by atoms with van der Waals surface area (Å²) in [6.07, 6.45) is 0.899. The average molecular weight is 336 g/mol. The van der Waals surface area contributed by atoms with Gasteiger partial charge in [0, 0.05) is 23.7 Å². The van der Waals surface area contributed by atoms with Crippen molar-refractivity contribution in [3.63, 3.8) is 0 Å². The molecule has 1 rings (SSSR count). The van der Waals surface area contributed by atoms with Gasteiger partial charge < -0.3 is 14.2 Å². The molecule has 0 fully saturated rings. The summed E-state index contributed by atoms with van der Waals surface area (Å²) in [7, 11) is 1.67. The predicted octanol–water partition coefficient (Wildman–Crippen LogP) is 2.72. The van der Waals surface area contributed by atoms with Crippen LogP contribution in [0.25, 0.3) is 0 Å². The van der Waals surface area contributed by atoms with E-state index in [4.69, 9.17) is 14.2 Å². The summed E-state index contributed by atoms with van der Waals surface area (Å²) in [6.45, 7) is 2.71. The molecule has 0 atom stereocenters. The van der Waals surface area contributed by atoms with E-state index < -0.39 is 0 Å². The third-order valence-corrected chi connectivity index (χ3v) is 2.67. The lowest BCUT2D eigenvalue weighted by Gasteiger charge is -2.06. The second kappa shape index (κ2) is 8.78. The fourth-order valence-corrected chi connectivity index (χ4v) is 1.49. The highest BCUT2D eigenvalue weighted by atomic mass is 127.